The molecule has 0 spiro atoms. The molecule has 1 heterocycles. The van der Waals surface area contributed by atoms with Crippen molar-refractivity contribution in [2.75, 3.05) is 6.54 Å². The van der Waals surface area contributed by atoms with E-state index in [1.54, 1.807) is 35.7 Å². The summed E-state index contributed by atoms with van der Waals surface area (Å²) in [6.07, 6.45) is 9.38. The van der Waals surface area contributed by atoms with Gasteiger partial charge in [-0.3, -0.25) is 9.78 Å². The quantitative estimate of drug-likeness (QED) is 0.733. The predicted octanol–water partition coefficient (Wildman–Crippen LogP) is 5.65. The molecule has 1 fully saturated rings. The van der Waals surface area contributed by atoms with E-state index < -0.39 is 0 Å². The van der Waals surface area contributed by atoms with E-state index in [-0.39, 0.29) is 16.7 Å². The lowest BCUT2D eigenvalue weighted by molar-refractivity contribution is 0.0254. The first kappa shape index (κ1) is 20.1. The Morgan fingerprint density at radius 3 is 2.66 bits per heavy atom. The van der Waals surface area contributed by atoms with Gasteiger partial charge in [0.25, 0.3) is 5.91 Å². The number of hydrogen-bond acceptors (Lipinski definition) is 2. The molecule has 0 saturated heterocycles. The van der Waals surface area contributed by atoms with Crippen LogP contribution in [0.2, 0.25) is 0 Å². The number of fused-ring (bicyclic) bond motifs is 3. The van der Waals surface area contributed by atoms with Crippen LogP contribution in [0.1, 0.15) is 86.3 Å². The van der Waals surface area contributed by atoms with Gasteiger partial charge in [-0.15, -0.1) is 0 Å². The number of rotatable bonds is 4. The number of pyridine rings is 1. The maximum absolute atomic E-state index is 12.6. The molecule has 29 heavy (non-hydrogen) atoms. The van der Waals surface area contributed by atoms with Crippen molar-refractivity contribution < 1.29 is 4.79 Å². The van der Waals surface area contributed by atoms with Crippen molar-refractivity contribution in [3.8, 4) is 0 Å². The fourth-order valence-electron chi connectivity index (χ4n) is 6.10. The zero-order valence-electron chi connectivity index (χ0n) is 18.3. The Morgan fingerprint density at radius 1 is 1.17 bits per heavy atom. The number of aromatic nitrogens is 1. The maximum atomic E-state index is 12.6. The van der Waals surface area contributed by atoms with Crippen LogP contribution in [0, 0.1) is 11.3 Å². The highest BCUT2D eigenvalue weighted by atomic mass is 16.1. The topological polar surface area (TPSA) is 42.0 Å². The molecule has 4 rings (SSSR count). The second-order valence-corrected chi connectivity index (χ2v) is 10.0. The molecule has 1 aromatic heterocycles. The summed E-state index contributed by atoms with van der Waals surface area (Å²) in [5.41, 5.74) is 5.60. The van der Waals surface area contributed by atoms with Gasteiger partial charge < -0.3 is 5.32 Å². The third-order valence-corrected chi connectivity index (χ3v) is 7.76. The maximum Gasteiger partial charge on any atom is 0.251 e. The molecule has 0 bridgehead atoms. The van der Waals surface area contributed by atoms with E-state index in [9.17, 15) is 4.79 Å². The van der Waals surface area contributed by atoms with Gasteiger partial charge in [-0.05, 0) is 77.2 Å². The summed E-state index contributed by atoms with van der Waals surface area (Å²) in [5.74, 6) is 1.18. The van der Waals surface area contributed by atoms with Gasteiger partial charge in [-0.25, -0.2) is 0 Å². The van der Waals surface area contributed by atoms with Gasteiger partial charge >= 0.3 is 0 Å². The smallest absolute Gasteiger partial charge is 0.251 e. The highest BCUT2D eigenvalue weighted by Crippen LogP contribution is 2.57. The van der Waals surface area contributed by atoms with Crippen molar-refractivity contribution in [2.24, 2.45) is 11.3 Å². The van der Waals surface area contributed by atoms with E-state index in [0.29, 0.717) is 17.4 Å². The summed E-state index contributed by atoms with van der Waals surface area (Å²) < 4.78 is 0. The second kappa shape index (κ2) is 7.59. The summed E-state index contributed by atoms with van der Waals surface area (Å²) in [6.45, 7) is 10.2. The molecule has 0 radical (unpaired) electrons. The lowest BCUT2D eigenvalue weighted by atomic mass is 9.49. The van der Waals surface area contributed by atoms with Gasteiger partial charge in [0.1, 0.15) is 0 Å². The molecule has 154 valence electrons. The lowest BCUT2D eigenvalue weighted by Gasteiger charge is -2.55. The first-order valence-corrected chi connectivity index (χ1v) is 11.1. The average Bonchev–Trinajstić information content (AvgIpc) is 2.72. The second-order valence-electron chi connectivity index (χ2n) is 10.0. The number of amides is 1. The molecule has 3 heteroatoms. The fourth-order valence-corrected chi connectivity index (χ4v) is 6.10. The van der Waals surface area contributed by atoms with Gasteiger partial charge in [-0.2, -0.15) is 0 Å². The number of carbonyl (C=O) groups is 1. The summed E-state index contributed by atoms with van der Waals surface area (Å²) in [5, 5.41) is 3.24. The van der Waals surface area contributed by atoms with Crippen LogP contribution in [0.15, 0.2) is 42.7 Å². The number of nitrogens with one attached hydrogen (secondary N) is 1. The Hall–Kier alpha value is -2.16. The molecular formula is C26H34N2O. The molecule has 1 saturated carbocycles. The summed E-state index contributed by atoms with van der Waals surface area (Å²) >= 11 is 0. The van der Waals surface area contributed by atoms with Crippen molar-refractivity contribution in [1.29, 1.82) is 0 Å². The molecule has 3 nitrogen and oxygen atoms in total. The summed E-state index contributed by atoms with van der Waals surface area (Å²) in [6, 6.07) is 10.8. The van der Waals surface area contributed by atoms with Gasteiger partial charge in [0.2, 0.25) is 0 Å². The van der Waals surface area contributed by atoms with E-state index in [1.165, 1.54) is 31.2 Å². The van der Waals surface area contributed by atoms with Crippen molar-refractivity contribution in [1.82, 2.24) is 10.3 Å². The normalized spacial score (nSPS) is 28.5. The zero-order valence-corrected chi connectivity index (χ0v) is 18.3. The third-order valence-electron chi connectivity index (χ3n) is 7.76. The largest absolute Gasteiger partial charge is 0.351 e. The Kier molecular flexibility index (Phi) is 5.27. The van der Waals surface area contributed by atoms with E-state index in [4.69, 9.17) is 0 Å². The molecule has 1 N–H and O–H groups in total. The molecule has 0 aliphatic heterocycles. The summed E-state index contributed by atoms with van der Waals surface area (Å²) in [4.78, 5) is 16.6. The molecule has 2 aliphatic rings. The minimum Gasteiger partial charge on any atom is -0.351 e. The van der Waals surface area contributed by atoms with Crippen LogP contribution < -0.4 is 5.32 Å². The van der Waals surface area contributed by atoms with E-state index >= 15 is 0 Å². The molecule has 1 aromatic carbocycles. The number of hydrogen-bond donors (Lipinski definition) is 1. The molecule has 2 aliphatic carbocycles. The van der Waals surface area contributed by atoms with Gasteiger partial charge in [-0.1, -0.05) is 52.3 Å². The van der Waals surface area contributed by atoms with Crippen molar-refractivity contribution in [3.05, 3.63) is 65.0 Å². The third kappa shape index (κ3) is 3.60. The van der Waals surface area contributed by atoms with Gasteiger partial charge in [0.05, 0.1) is 0 Å². The van der Waals surface area contributed by atoms with Crippen molar-refractivity contribution in [2.45, 2.75) is 71.1 Å². The SMILES string of the molecule is CC(C)c1ccc2c(c1)CC[C@H]1[C@](C)(CNC(=O)c3ccncc3)CCC[C@]21C. The first-order chi connectivity index (χ1) is 13.8. The highest BCUT2D eigenvalue weighted by molar-refractivity contribution is 5.93. The first-order valence-electron chi connectivity index (χ1n) is 11.1. The van der Waals surface area contributed by atoms with Crippen molar-refractivity contribution in [3.63, 3.8) is 0 Å². The molecular weight excluding hydrogens is 356 g/mol. The van der Waals surface area contributed by atoms with Crippen LogP contribution in [0.5, 0.6) is 0 Å². The number of aryl methyl sites for hydroxylation is 1. The predicted molar refractivity (Wildman–Crippen MR) is 118 cm³/mol. The molecule has 1 amide bonds. The van der Waals surface area contributed by atoms with Gasteiger partial charge in [0.15, 0.2) is 0 Å². The Labute approximate surface area is 175 Å². The molecule has 2 aromatic rings. The van der Waals surface area contributed by atoms with Crippen LogP contribution >= 0.6 is 0 Å². The Morgan fingerprint density at radius 2 is 1.93 bits per heavy atom. The zero-order chi connectivity index (χ0) is 20.6. The number of nitrogens with zero attached hydrogens (tertiary/aromatic N) is 1. The standard InChI is InChI=1S/C26H34N2O/c1-18(2)20-6-8-22-21(16-20)7-9-23-25(3,12-5-13-26(22,23)4)17-28-24(29)19-10-14-27-15-11-19/h6,8,10-11,14-16,18,23H,5,7,9,12-13,17H2,1-4H3,(H,28,29)/t23-,25-,26+/m0/s1. The van der Waals surface area contributed by atoms with E-state index in [1.807, 2.05) is 0 Å². The van der Waals surface area contributed by atoms with Gasteiger partial charge in [0, 0.05) is 24.5 Å². The van der Waals surface area contributed by atoms with Crippen LogP contribution in [0.3, 0.4) is 0 Å². The Bertz CT molecular complexity index is 891. The van der Waals surface area contributed by atoms with E-state index in [0.717, 1.165) is 13.0 Å². The fraction of sp³-hybridized carbons (Fsp3) is 0.538. The van der Waals surface area contributed by atoms with Crippen molar-refractivity contribution >= 4 is 5.91 Å². The highest BCUT2D eigenvalue weighted by Gasteiger charge is 2.51. The molecule has 3 atom stereocenters. The number of carbonyl (C=O) groups excluding carboxylic acids is 1. The monoisotopic (exact) mass is 390 g/mol. The molecule has 0 unspecified atom stereocenters. The van der Waals surface area contributed by atoms with E-state index in [2.05, 4.69) is 56.2 Å². The van der Waals surface area contributed by atoms with Crippen LogP contribution in [0.4, 0.5) is 0 Å². The summed E-state index contributed by atoms with van der Waals surface area (Å²) in [7, 11) is 0. The lowest BCUT2D eigenvalue weighted by Crippen LogP contribution is -2.53. The number of benzene rings is 1. The average molecular weight is 391 g/mol. The van der Waals surface area contributed by atoms with Crippen LogP contribution in [-0.4, -0.2) is 17.4 Å². The minimum absolute atomic E-state index is 0.0127. The Balaban J connectivity index is 1.57. The minimum atomic E-state index is 0.0127. The van der Waals surface area contributed by atoms with Crippen LogP contribution in [-0.2, 0) is 11.8 Å². The van der Waals surface area contributed by atoms with Crippen LogP contribution in [0.25, 0.3) is 0 Å².